The number of ether oxygens (including phenoxy) is 2. The van der Waals surface area contributed by atoms with Gasteiger partial charge in [0, 0.05) is 19.2 Å². The molecule has 0 bridgehead atoms. The van der Waals surface area contributed by atoms with Crippen molar-refractivity contribution in [3.63, 3.8) is 0 Å². The number of carbonyl (C=O) groups is 2. The third-order valence-corrected chi connectivity index (χ3v) is 3.15. The van der Waals surface area contributed by atoms with Gasteiger partial charge in [-0.15, -0.1) is 0 Å². The molecule has 1 aliphatic rings. The second-order valence-corrected chi connectivity index (χ2v) is 4.72. The van der Waals surface area contributed by atoms with Crippen molar-refractivity contribution in [3.05, 3.63) is 12.4 Å². The van der Waals surface area contributed by atoms with Crippen LogP contribution in [0.2, 0.25) is 0 Å². The zero-order valence-corrected chi connectivity index (χ0v) is 11.5. The van der Waals surface area contributed by atoms with Gasteiger partial charge in [0.1, 0.15) is 6.54 Å². The maximum atomic E-state index is 11.8. The van der Waals surface area contributed by atoms with E-state index in [0.717, 1.165) is 25.9 Å². The van der Waals surface area contributed by atoms with E-state index >= 15 is 0 Å². The summed E-state index contributed by atoms with van der Waals surface area (Å²) in [6.07, 6.45) is 6.59. The van der Waals surface area contributed by atoms with E-state index in [1.165, 1.54) is 18.0 Å². The molecule has 1 unspecified atom stereocenters. The highest BCUT2D eigenvalue weighted by Crippen LogP contribution is 2.17. The van der Waals surface area contributed by atoms with Crippen LogP contribution in [0.25, 0.3) is 0 Å². The number of aromatic nitrogens is 2. The van der Waals surface area contributed by atoms with Crippen LogP contribution in [0, 0.1) is 0 Å². The number of rotatable bonds is 6. The van der Waals surface area contributed by atoms with E-state index in [1.54, 1.807) is 6.20 Å². The van der Waals surface area contributed by atoms with Crippen molar-refractivity contribution >= 4 is 17.6 Å². The highest BCUT2D eigenvalue weighted by Gasteiger charge is 2.16. The number of hydrogen-bond donors (Lipinski definition) is 1. The molecule has 1 saturated heterocycles. The van der Waals surface area contributed by atoms with Gasteiger partial charge in [0.05, 0.1) is 25.1 Å². The van der Waals surface area contributed by atoms with Gasteiger partial charge in [0.15, 0.2) is 0 Å². The summed E-state index contributed by atoms with van der Waals surface area (Å²) in [4.78, 5) is 22.8. The van der Waals surface area contributed by atoms with Gasteiger partial charge >= 0.3 is 5.97 Å². The molecule has 1 aromatic heterocycles. The first-order valence-corrected chi connectivity index (χ1v) is 6.68. The Balaban J connectivity index is 1.74. The number of nitrogens with one attached hydrogen (secondary N) is 1. The maximum absolute atomic E-state index is 11.8. The molecule has 0 radical (unpaired) electrons. The number of carbonyl (C=O) groups excluding carboxylic acids is 2. The average molecular weight is 281 g/mol. The van der Waals surface area contributed by atoms with Gasteiger partial charge in [-0.3, -0.25) is 14.3 Å². The summed E-state index contributed by atoms with van der Waals surface area (Å²) in [7, 11) is 1.32. The van der Waals surface area contributed by atoms with Crippen molar-refractivity contribution in [3.8, 4) is 0 Å². The lowest BCUT2D eigenvalue weighted by atomic mass is 10.1. The average Bonchev–Trinajstić information content (AvgIpc) is 3.08. The second kappa shape index (κ2) is 7.04. The Morgan fingerprint density at radius 1 is 1.60 bits per heavy atom. The maximum Gasteiger partial charge on any atom is 0.327 e. The van der Waals surface area contributed by atoms with E-state index in [2.05, 4.69) is 15.2 Å². The van der Waals surface area contributed by atoms with Crippen LogP contribution in [0.4, 0.5) is 5.69 Å². The van der Waals surface area contributed by atoms with Crippen molar-refractivity contribution in [2.45, 2.75) is 38.3 Å². The van der Waals surface area contributed by atoms with E-state index in [0.29, 0.717) is 12.1 Å². The molecule has 0 saturated carbocycles. The van der Waals surface area contributed by atoms with Crippen LogP contribution < -0.4 is 5.32 Å². The molecule has 0 aliphatic carbocycles. The normalized spacial score (nSPS) is 17.9. The lowest BCUT2D eigenvalue weighted by molar-refractivity contribution is -0.141. The van der Waals surface area contributed by atoms with Gasteiger partial charge in [-0.25, -0.2) is 0 Å². The molecule has 1 aliphatic heterocycles. The Kier molecular flexibility index (Phi) is 5.11. The SMILES string of the molecule is COC(=O)Cn1cc(NC(=O)CCC2CCCO2)cn1. The zero-order valence-electron chi connectivity index (χ0n) is 11.5. The third-order valence-electron chi connectivity index (χ3n) is 3.15. The number of methoxy groups -OCH3 is 1. The van der Waals surface area contributed by atoms with E-state index in [9.17, 15) is 9.59 Å². The Morgan fingerprint density at radius 2 is 2.45 bits per heavy atom. The molecular formula is C13H19N3O4. The molecule has 1 atom stereocenters. The van der Waals surface area contributed by atoms with Crippen LogP contribution in [0.1, 0.15) is 25.7 Å². The first-order chi connectivity index (χ1) is 9.67. The number of anilines is 1. The smallest absolute Gasteiger partial charge is 0.327 e. The molecule has 110 valence electrons. The molecule has 0 spiro atoms. The van der Waals surface area contributed by atoms with Gasteiger partial charge in [-0.05, 0) is 19.3 Å². The summed E-state index contributed by atoms with van der Waals surface area (Å²) in [6.45, 7) is 0.828. The van der Waals surface area contributed by atoms with Gasteiger partial charge in [0.2, 0.25) is 5.91 Å². The van der Waals surface area contributed by atoms with Crippen LogP contribution in [0.5, 0.6) is 0 Å². The Hall–Kier alpha value is -1.89. The molecule has 20 heavy (non-hydrogen) atoms. The summed E-state index contributed by atoms with van der Waals surface area (Å²) in [6, 6.07) is 0. The van der Waals surface area contributed by atoms with Crippen LogP contribution in [-0.2, 0) is 25.6 Å². The highest BCUT2D eigenvalue weighted by molar-refractivity contribution is 5.90. The molecule has 1 fully saturated rings. The Labute approximate surface area is 117 Å². The summed E-state index contributed by atoms with van der Waals surface area (Å²) in [5.74, 6) is -0.456. The zero-order chi connectivity index (χ0) is 14.4. The quantitative estimate of drug-likeness (QED) is 0.785. The molecule has 2 heterocycles. The summed E-state index contributed by atoms with van der Waals surface area (Å²) < 4.78 is 11.4. The van der Waals surface area contributed by atoms with E-state index in [-0.39, 0.29) is 24.5 Å². The lowest BCUT2D eigenvalue weighted by Crippen LogP contribution is -2.15. The van der Waals surface area contributed by atoms with Crippen LogP contribution in [0.15, 0.2) is 12.4 Å². The van der Waals surface area contributed by atoms with Crippen LogP contribution in [0.3, 0.4) is 0 Å². The lowest BCUT2D eigenvalue weighted by Gasteiger charge is -2.08. The van der Waals surface area contributed by atoms with Gasteiger partial charge in [-0.1, -0.05) is 0 Å². The fraction of sp³-hybridized carbons (Fsp3) is 0.615. The monoisotopic (exact) mass is 281 g/mol. The molecule has 7 heteroatoms. The number of nitrogens with zero attached hydrogens (tertiary/aromatic N) is 2. The second-order valence-electron chi connectivity index (χ2n) is 4.72. The van der Waals surface area contributed by atoms with Crippen molar-refractivity contribution in [2.24, 2.45) is 0 Å². The fourth-order valence-electron chi connectivity index (χ4n) is 2.10. The number of hydrogen-bond acceptors (Lipinski definition) is 5. The Bertz CT molecular complexity index is 466. The number of esters is 1. The topological polar surface area (TPSA) is 82.5 Å². The summed E-state index contributed by atoms with van der Waals surface area (Å²) >= 11 is 0. The molecule has 0 aromatic carbocycles. The van der Waals surface area contributed by atoms with Gasteiger partial charge in [0.25, 0.3) is 0 Å². The third kappa shape index (κ3) is 4.34. The van der Waals surface area contributed by atoms with Crippen LogP contribution >= 0.6 is 0 Å². The highest BCUT2D eigenvalue weighted by atomic mass is 16.5. The minimum Gasteiger partial charge on any atom is -0.468 e. The van der Waals surface area contributed by atoms with E-state index < -0.39 is 0 Å². The summed E-state index contributed by atoms with van der Waals surface area (Å²) in [5.41, 5.74) is 0.575. The van der Waals surface area contributed by atoms with E-state index in [4.69, 9.17) is 4.74 Å². The van der Waals surface area contributed by atoms with Crippen molar-refractivity contribution in [2.75, 3.05) is 19.0 Å². The molecular weight excluding hydrogens is 262 g/mol. The molecule has 1 amide bonds. The number of amides is 1. The standard InChI is InChI=1S/C13H19N3O4/c1-19-13(18)9-16-8-10(7-14-16)15-12(17)5-4-11-3-2-6-20-11/h7-8,11H,2-6,9H2,1H3,(H,15,17). The minimum atomic E-state index is -0.385. The largest absolute Gasteiger partial charge is 0.468 e. The first-order valence-electron chi connectivity index (χ1n) is 6.68. The van der Waals surface area contributed by atoms with Crippen molar-refractivity contribution < 1.29 is 19.1 Å². The molecule has 1 aromatic rings. The van der Waals surface area contributed by atoms with Crippen molar-refractivity contribution in [1.82, 2.24) is 9.78 Å². The first kappa shape index (κ1) is 14.5. The van der Waals surface area contributed by atoms with Gasteiger partial charge in [-0.2, -0.15) is 5.10 Å². The minimum absolute atomic E-state index is 0.0300. The molecule has 2 rings (SSSR count). The van der Waals surface area contributed by atoms with Gasteiger partial charge < -0.3 is 14.8 Å². The molecule has 1 N–H and O–H groups in total. The Morgan fingerprint density at radius 3 is 3.15 bits per heavy atom. The predicted molar refractivity (Wildman–Crippen MR) is 71.1 cm³/mol. The predicted octanol–water partition coefficient (Wildman–Crippen LogP) is 0.954. The fourth-order valence-corrected chi connectivity index (χ4v) is 2.10. The van der Waals surface area contributed by atoms with E-state index in [1.807, 2.05) is 0 Å². The molecule has 7 nitrogen and oxygen atoms in total. The van der Waals surface area contributed by atoms with Crippen LogP contribution in [-0.4, -0.2) is 41.5 Å². The summed E-state index contributed by atoms with van der Waals surface area (Å²) in [5, 5.41) is 6.72. The van der Waals surface area contributed by atoms with Crippen molar-refractivity contribution in [1.29, 1.82) is 0 Å².